The highest BCUT2D eigenvalue weighted by Crippen LogP contribution is 2.30. The van der Waals surface area contributed by atoms with Crippen LogP contribution in [-0.4, -0.2) is 39.3 Å². The van der Waals surface area contributed by atoms with Crippen LogP contribution in [-0.2, 0) is 21.4 Å². The summed E-state index contributed by atoms with van der Waals surface area (Å²) in [6.45, 7) is 0.697. The van der Waals surface area contributed by atoms with Crippen LogP contribution in [0.1, 0.15) is 5.56 Å². The molecule has 0 radical (unpaired) electrons. The molecule has 1 aliphatic rings. The van der Waals surface area contributed by atoms with Gasteiger partial charge in [0.1, 0.15) is 0 Å². The highest BCUT2D eigenvalue weighted by atomic mass is 32.2. The zero-order valence-electron chi connectivity index (χ0n) is 13.6. The Morgan fingerprint density at radius 3 is 2.62 bits per heavy atom. The first-order valence-corrected chi connectivity index (χ1v) is 8.97. The van der Waals surface area contributed by atoms with Crippen LogP contribution in [0, 0.1) is 0 Å². The average molecular weight is 345 g/mol. The molecule has 7 heteroatoms. The first kappa shape index (κ1) is 16.5. The van der Waals surface area contributed by atoms with Gasteiger partial charge in [-0.05, 0) is 29.8 Å². The van der Waals surface area contributed by atoms with Crippen molar-refractivity contribution in [1.29, 1.82) is 0 Å². The smallest absolute Gasteiger partial charge is 0.243 e. The largest absolute Gasteiger partial charge is 0.356 e. The molecule has 3 rings (SSSR count). The lowest BCUT2D eigenvalue weighted by atomic mass is 10.1. The van der Waals surface area contributed by atoms with Gasteiger partial charge >= 0.3 is 0 Å². The van der Waals surface area contributed by atoms with Crippen LogP contribution >= 0.6 is 0 Å². The fraction of sp³-hybridized carbons (Fsp3) is 0.235. The Morgan fingerprint density at radius 2 is 1.88 bits per heavy atom. The molecule has 1 amide bonds. The maximum Gasteiger partial charge on any atom is 0.243 e. The van der Waals surface area contributed by atoms with Crippen molar-refractivity contribution in [1.82, 2.24) is 4.31 Å². The molecule has 1 aliphatic heterocycles. The molecule has 0 spiro atoms. The number of sulfonamides is 1. The Morgan fingerprint density at radius 1 is 1.12 bits per heavy atom. The Bertz CT molecular complexity index is 878. The third-order valence-electron chi connectivity index (χ3n) is 3.90. The molecule has 0 aliphatic carbocycles. The van der Waals surface area contributed by atoms with Crippen LogP contribution in [0.3, 0.4) is 0 Å². The first-order chi connectivity index (χ1) is 11.4. The minimum absolute atomic E-state index is 0.0780. The Kier molecular flexibility index (Phi) is 4.29. The van der Waals surface area contributed by atoms with Crippen molar-refractivity contribution < 1.29 is 13.2 Å². The van der Waals surface area contributed by atoms with E-state index in [1.165, 1.54) is 18.4 Å². The Labute approximate surface area is 141 Å². The molecular formula is C17H19N3O3S. The van der Waals surface area contributed by atoms with Gasteiger partial charge in [-0.25, -0.2) is 12.7 Å². The van der Waals surface area contributed by atoms with Gasteiger partial charge in [-0.2, -0.15) is 0 Å². The molecule has 24 heavy (non-hydrogen) atoms. The van der Waals surface area contributed by atoms with Gasteiger partial charge in [0, 0.05) is 20.6 Å². The second-order valence-electron chi connectivity index (χ2n) is 5.86. The zero-order chi connectivity index (χ0) is 17.3. The lowest BCUT2D eigenvalue weighted by Crippen LogP contribution is -2.37. The van der Waals surface area contributed by atoms with E-state index in [1.807, 2.05) is 35.2 Å². The summed E-state index contributed by atoms with van der Waals surface area (Å²) in [6.07, 6.45) is 0. The summed E-state index contributed by atoms with van der Waals surface area (Å²) >= 11 is 0. The number of hydrogen-bond donors (Lipinski definition) is 1. The number of carbonyl (C=O) groups excluding carboxylic acids is 1. The Balaban J connectivity index is 1.91. The van der Waals surface area contributed by atoms with Crippen LogP contribution in [0.4, 0.5) is 11.4 Å². The molecule has 0 saturated heterocycles. The second-order valence-corrected chi connectivity index (χ2v) is 8.01. The van der Waals surface area contributed by atoms with Gasteiger partial charge in [0.15, 0.2) is 0 Å². The van der Waals surface area contributed by atoms with Gasteiger partial charge in [-0.15, -0.1) is 0 Å². The van der Waals surface area contributed by atoms with E-state index in [1.54, 1.807) is 18.2 Å². The van der Waals surface area contributed by atoms with Gasteiger partial charge in [-0.3, -0.25) is 4.79 Å². The summed E-state index contributed by atoms with van der Waals surface area (Å²) in [5, 5.41) is 2.84. The highest BCUT2D eigenvalue weighted by molar-refractivity contribution is 7.89. The van der Waals surface area contributed by atoms with Crippen molar-refractivity contribution in [2.75, 3.05) is 30.9 Å². The van der Waals surface area contributed by atoms with E-state index in [9.17, 15) is 13.2 Å². The predicted octanol–water partition coefficient (Wildman–Crippen LogP) is 1.90. The van der Waals surface area contributed by atoms with Crippen molar-refractivity contribution in [3.05, 3.63) is 54.1 Å². The zero-order valence-corrected chi connectivity index (χ0v) is 14.4. The van der Waals surface area contributed by atoms with Crippen molar-refractivity contribution >= 4 is 27.3 Å². The number of para-hydroxylation sites is 2. The molecule has 0 aromatic heterocycles. The highest BCUT2D eigenvalue weighted by Gasteiger charge is 2.22. The molecular weight excluding hydrogens is 326 g/mol. The second kappa shape index (κ2) is 6.26. The molecule has 0 fully saturated rings. The molecule has 0 atom stereocenters. The van der Waals surface area contributed by atoms with Gasteiger partial charge in [0.05, 0.1) is 22.8 Å². The summed E-state index contributed by atoms with van der Waals surface area (Å²) in [7, 11) is -0.462. The number of hydrogen-bond acceptors (Lipinski definition) is 4. The van der Waals surface area contributed by atoms with Crippen LogP contribution < -0.4 is 10.2 Å². The normalized spacial score (nSPS) is 14.5. The number of benzene rings is 2. The van der Waals surface area contributed by atoms with Crippen molar-refractivity contribution in [2.45, 2.75) is 11.4 Å². The Hall–Kier alpha value is -2.38. The van der Waals surface area contributed by atoms with Crippen molar-refractivity contribution in [2.24, 2.45) is 0 Å². The number of nitrogens with zero attached hydrogens (tertiary/aromatic N) is 2. The summed E-state index contributed by atoms with van der Waals surface area (Å²) in [5.41, 5.74) is 2.53. The van der Waals surface area contributed by atoms with Crippen molar-refractivity contribution in [3.63, 3.8) is 0 Å². The van der Waals surface area contributed by atoms with E-state index in [2.05, 4.69) is 5.32 Å². The fourth-order valence-electron chi connectivity index (χ4n) is 2.68. The number of carbonyl (C=O) groups is 1. The van der Waals surface area contributed by atoms with Crippen LogP contribution in [0.2, 0.25) is 0 Å². The fourth-order valence-corrected chi connectivity index (χ4v) is 3.65. The SMILES string of the molecule is CN(C)S(=O)(=O)c1cccc(CN2CC(=O)Nc3ccccc32)c1. The number of amides is 1. The molecule has 0 bridgehead atoms. The monoisotopic (exact) mass is 345 g/mol. The number of nitrogens with one attached hydrogen (secondary N) is 1. The summed E-state index contributed by atoms with van der Waals surface area (Å²) in [4.78, 5) is 14.1. The van der Waals surface area contributed by atoms with E-state index in [0.717, 1.165) is 16.9 Å². The van der Waals surface area contributed by atoms with Crippen molar-refractivity contribution in [3.8, 4) is 0 Å². The third kappa shape index (κ3) is 3.13. The summed E-state index contributed by atoms with van der Waals surface area (Å²) in [5.74, 6) is -0.0780. The first-order valence-electron chi connectivity index (χ1n) is 7.53. The lowest BCUT2D eigenvalue weighted by Gasteiger charge is -2.31. The minimum atomic E-state index is -3.48. The predicted molar refractivity (Wildman–Crippen MR) is 93.4 cm³/mol. The number of fused-ring (bicyclic) bond motifs is 1. The van der Waals surface area contributed by atoms with Gasteiger partial charge in [0.25, 0.3) is 0 Å². The maximum absolute atomic E-state index is 12.3. The van der Waals surface area contributed by atoms with E-state index in [4.69, 9.17) is 0 Å². The molecule has 1 heterocycles. The third-order valence-corrected chi connectivity index (χ3v) is 5.71. The van der Waals surface area contributed by atoms with Gasteiger partial charge < -0.3 is 10.2 Å². The quantitative estimate of drug-likeness (QED) is 0.919. The average Bonchev–Trinajstić information content (AvgIpc) is 2.55. The molecule has 0 unspecified atom stereocenters. The van der Waals surface area contributed by atoms with E-state index in [-0.39, 0.29) is 17.3 Å². The standard InChI is InChI=1S/C17H19N3O3S/c1-19(2)24(22,23)14-7-5-6-13(10-14)11-20-12-17(21)18-15-8-3-4-9-16(15)20/h3-10H,11-12H2,1-2H3,(H,18,21). The van der Waals surface area contributed by atoms with Crippen LogP contribution in [0.5, 0.6) is 0 Å². The molecule has 2 aromatic rings. The minimum Gasteiger partial charge on any atom is -0.356 e. The molecule has 2 aromatic carbocycles. The topological polar surface area (TPSA) is 69.7 Å². The van der Waals surface area contributed by atoms with E-state index < -0.39 is 10.0 Å². The maximum atomic E-state index is 12.3. The molecule has 6 nitrogen and oxygen atoms in total. The van der Waals surface area contributed by atoms with Gasteiger partial charge in [-0.1, -0.05) is 24.3 Å². The lowest BCUT2D eigenvalue weighted by molar-refractivity contribution is -0.115. The summed E-state index contributed by atoms with van der Waals surface area (Å²) < 4.78 is 25.7. The molecule has 1 N–H and O–H groups in total. The van der Waals surface area contributed by atoms with Crippen LogP contribution in [0.15, 0.2) is 53.4 Å². The van der Waals surface area contributed by atoms with E-state index >= 15 is 0 Å². The van der Waals surface area contributed by atoms with Crippen LogP contribution in [0.25, 0.3) is 0 Å². The number of rotatable bonds is 4. The molecule has 0 saturated carbocycles. The molecule has 126 valence electrons. The summed E-state index contributed by atoms with van der Waals surface area (Å²) in [6, 6.07) is 14.4. The van der Waals surface area contributed by atoms with E-state index in [0.29, 0.717) is 6.54 Å². The number of anilines is 2. The van der Waals surface area contributed by atoms with Gasteiger partial charge in [0.2, 0.25) is 15.9 Å².